The third kappa shape index (κ3) is 5.61. The van der Waals surface area contributed by atoms with Crippen molar-refractivity contribution in [2.45, 2.75) is 13.2 Å². The molecule has 0 atom stereocenters. The number of carbonyl (C=O) groups excluding carboxylic acids is 1. The maximum Gasteiger partial charge on any atom is 0.341 e. The van der Waals surface area contributed by atoms with Crippen LogP contribution in [0.3, 0.4) is 0 Å². The molecule has 154 valence electrons. The van der Waals surface area contributed by atoms with Gasteiger partial charge in [0, 0.05) is 18.5 Å². The first-order valence-electron chi connectivity index (χ1n) is 9.35. The number of carbonyl (C=O) groups is 1. The summed E-state index contributed by atoms with van der Waals surface area (Å²) in [6.07, 6.45) is 4.84. The highest BCUT2D eigenvalue weighted by molar-refractivity contribution is 6.16. The molecule has 0 spiro atoms. The second kappa shape index (κ2) is 10.7. The van der Waals surface area contributed by atoms with Crippen LogP contribution < -0.4 is 9.47 Å². The molecule has 0 fully saturated rings. The van der Waals surface area contributed by atoms with Gasteiger partial charge in [-0.2, -0.15) is 0 Å². The maximum absolute atomic E-state index is 12.1. The Morgan fingerprint density at radius 1 is 0.900 bits per heavy atom. The zero-order valence-electron chi connectivity index (χ0n) is 16.9. The summed E-state index contributed by atoms with van der Waals surface area (Å²) in [7, 11) is 2.82. The molecule has 1 heterocycles. The van der Waals surface area contributed by atoms with Crippen LogP contribution in [0.5, 0.6) is 11.5 Å². The van der Waals surface area contributed by atoms with E-state index in [1.807, 2.05) is 60.7 Å². The molecule has 6 nitrogen and oxygen atoms in total. The molecule has 0 unspecified atom stereocenters. The Morgan fingerprint density at radius 2 is 1.60 bits per heavy atom. The van der Waals surface area contributed by atoms with Gasteiger partial charge in [-0.15, -0.1) is 0 Å². The number of esters is 1. The van der Waals surface area contributed by atoms with Crippen molar-refractivity contribution >= 4 is 11.5 Å². The van der Waals surface area contributed by atoms with Crippen molar-refractivity contribution in [2.75, 3.05) is 14.2 Å². The fourth-order valence-electron chi connectivity index (χ4n) is 2.82. The van der Waals surface area contributed by atoms with E-state index in [9.17, 15) is 4.79 Å². The van der Waals surface area contributed by atoms with Crippen LogP contribution in [0.1, 0.15) is 16.7 Å². The SMILES string of the molecule is COC=C(C(=O)OC)c1ccccc1COc1cccc(OCc2ccncc2)c1. The Morgan fingerprint density at radius 3 is 2.30 bits per heavy atom. The number of benzene rings is 2. The number of pyridine rings is 1. The zero-order valence-corrected chi connectivity index (χ0v) is 16.9. The van der Waals surface area contributed by atoms with Crippen molar-refractivity contribution in [2.24, 2.45) is 0 Å². The molecule has 0 aliphatic carbocycles. The average Bonchev–Trinajstić information content (AvgIpc) is 2.80. The topological polar surface area (TPSA) is 66.9 Å². The van der Waals surface area contributed by atoms with E-state index >= 15 is 0 Å². The molecule has 0 radical (unpaired) electrons. The van der Waals surface area contributed by atoms with E-state index in [0.29, 0.717) is 29.2 Å². The lowest BCUT2D eigenvalue weighted by Gasteiger charge is -2.13. The van der Waals surface area contributed by atoms with Crippen molar-refractivity contribution in [1.82, 2.24) is 4.98 Å². The van der Waals surface area contributed by atoms with Crippen LogP contribution in [0.25, 0.3) is 5.57 Å². The van der Waals surface area contributed by atoms with Crippen molar-refractivity contribution in [3.63, 3.8) is 0 Å². The first-order chi connectivity index (χ1) is 14.7. The minimum absolute atomic E-state index is 0.266. The van der Waals surface area contributed by atoms with Crippen LogP contribution in [-0.2, 0) is 27.5 Å². The van der Waals surface area contributed by atoms with Gasteiger partial charge >= 0.3 is 5.97 Å². The predicted molar refractivity (Wildman–Crippen MR) is 113 cm³/mol. The Bertz CT molecular complexity index is 1000. The van der Waals surface area contributed by atoms with E-state index in [1.165, 1.54) is 20.5 Å². The molecule has 0 aliphatic heterocycles. The molecule has 1 aromatic heterocycles. The van der Waals surface area contributed by atoms with Crippen LogP contribution in [-0.4, -0.2) is 25.2 Å². The first kappa shape index (κ1) is 20.9. The summed E-state index contributed by atoms with van der Waals surface area (Å²) in [5.41, 5.74) is 2.88. The van der Waals surface area contributed by atoms with Crippen molar-refractivity contribution < 1.29 is 23.7 Å². The Labute approximate surface area is 175 Å². The number of aromatic nitrogens is 1. The first-order valence-corrected chi connectivity index (χ1v) is 9.35. The number of ether oxygens (including phenoxy) is 4. The van der Waals surface area contributed by atoms with E-state index < -0.39 is 5.97 Å². The molecule has 2 aromatic carbocycles. The minimum Gasteiger partial charge on any atom is -0.503 e. The Hall–Kier alpha value is -3.80. The average molecular weight is 405 g/mol. The van der Waals surface area contributed by atoms with Crippen LogP contribution in [0.4, 0.5) is 0 Å². The molecule has 0 N–H and O–H groups in total. The van der Waals surface area contributed by atoms with E-state index in [4.69, 9.17) is 18.9 Å². The van der Waals surface area contributed by atoms with Gasteiger partial charge in [-0.25, -0.2) is 4.79 Å². The minimum atomic E-state index is -0.476. The largest absolute Gasteiger partial charge is 0.503 e. The summed E-state index contributed by atoms with van der Waals surface area (Å²) in [4.78, 5) is 16.1. The van der Waals surface area contributed by atoms with Crippen LogP contribution in [0.2, 0.25) is 0 Å². The molecule has 0 saturated carbocycles. The van der Waals surface area contributed by atoms with Crippen molar-refractivity contribution in [1.29, 1.82) is 0 Å². The monoisotopic (exact) mass is 405 g/mol. The van der Waals surface area contributed by atoms with Gasteiger partial charge in [0.2, 0.25) is 0 Å². The quantitative estimate of drug-likeness (QED) is 0.299. The third-order valence-corrected chi connectivity index (χ3v) is 4.30. The van der Waals surface area contributed by atoms with Gasteiger partial charge in [0.05, 0.1) is 20.5 Å². The molecule has 0 saturated heterocycles. The van der Waals surface area contributed by atoms with E-state index in [0.717, 1.165) is 11.1 Å². The van der Waals surface area contributed by atoms with E-state index in [-0.39, 0.29) is 6.61 Å². The molecule has 0 aliphatic rings. The molecule has 30 heavy (non-hydrogen) atoms. The van der Waals surface area contributed by atoms with Crippen LogP contribution >= 0.6 is 0 Å². The summed E-state index contributed by atoms with van der Waals surface area (Å²) in [6.45, 7) is 0.709. The lowest BCUT2D eigenvalue weighted by molar-refractivity contribution is -0.133. The molecular formula is C24H23NO5. The normalized spacial score (nSPS) is 10.9. The Balaban J connectivity index is 1.70. The summed E-state index contributed by atoms with van der Waals surface area (Å²) in [5.74, 6) is 0.885. The highest BCUT2D eigenvalue weighted by atomic mass is 16.5. The van der Waals surface area contributed by atoms with Gasteiger partial charge in [0.1, 0.15) is 30.3 Å². The van der Waals surface area contributed by atoms with Crippen molar-refractivity contribution in [3.8, 4) is 11.5 Å². The Kier molecular flexibility index (Phi) is 7.44. The number of hydrogen-bond donors (Lipinski definition) is 0. The van der Waals surface area contributed by atoms with Gasteiger partial charge in [-0.1, -0.05) is 30.3 Å². The van der Waals surface area contributed by atoms with Gasteiger partial charge in [-0.05, 0) is 41.0 Å². The predicted octanol–water partition coefficient (Wildman–Crippen LogP) is 4.40. The summed E-state index contributed by atoms with van der Waals surface area (Å²) in [5, 5.41) is 0. The summed E-state index contributed by atoms with van der Waals surface area (Å²) >= 11 is 0. The zero-order chi connectivity index (χ0) is 21.2. The fraction of sp³-hybridized carbons (Fsp3) is 0.167. The highest BCUT2D eigenvalue weighted by Gasteiger charge is 2.17. The number of rotatable bonds is 9. The number of methoxy groups -OCH3 is 2. The lowest BCUT2D eigenvalue weighted by atomic mass is 10.0. The molecule has 3 aromatic rings. The van der Waals surface area contributed by atoms with Crippen molar-refractivity contribution in [3.05, 3.63) is 96.0 Å². The van der Waals surface area contributed by atoms with Crippen LogP contribution in [0, 0.1) is 0 Å². The van der Waals surface area contributed by atoms with Crippen LogP contribution in [0.15, 0.2) is 79.3 Å². The molecule has 0 amide bonds. The van der Waals surface area contributed by atoms with Gasteiger partial charge < -0.3 is 18.9 Å². The molecule has 3 rings (SSSR count). The summed E-state index contributed by atoms with van der Waals surface area (Å²) in [6, 6.07) is 18.7. The highest BCUT2D eigenvalue weighted by Crippen LogP contribution is 2.25. The lowest BCUT2D eigenvalue weighted by Crippen LogP contribution is -2.08. The van der Waals surface area contributed by atoms with Gasteiger partial charge in [0.15, 0.2) is 0 Å². The maximum atomic E-state index is 12.1. The smallest absolute Gasteiger partial charge is 0.341 e. The van der Waals surface area contributed by atoms with E-state index in [1.54, 1.807) is 12.4 Å². The number of hydrogen-bond acceptors (Lipinski definition) is 6. The third-order valence-electron chi connectivity index (χ3n) is 4.30. The van der Waals surface area contributed by atoms with E-state index in [2.05, 4.69) is 4.98 Å². The second-order valence-electron chi connectivity index (χ2n) is 6.32. The molecule has 6 heteroatoms. The van der Waals surface area contributed by atoms with Gasteiger partial charge in [-0.3, -0.25) is 4.98 Å². The second-order valence-corrected chi connectivity index (χ2v) is 6.32. The number of nitrogens with zero attached hydrogens (tertiary/aromatic N) is 1. The fourth-order valence-corrected chi connectivity index (χ4v) is 2.82. The standard InChI is InChI=1S/C24H23NO5/c1-27-17-23(24(26)28-2)22-9-4-3-6-19(22)16-30-21-8-5-7-20(14-21)29-15-18-10-12-25-13-11-18/h3-14,17H,15-16H2,1-2H3. The molecule has 0 bridgehead atoms. The van der Waals surface area contributed by atoms with Gasteiger partial charge in [0.25, 0.3) is 0 Å². The summed E-state index contributed by atoms with van der Waals surface area (Å²) < 4.78 is 21.7. The molecular weight excluding hydrogens is 382 g/mol.